The monoisotopic (exact) mass is 444 g/mol. The number of halogens is 1. The predicted octanol–water partition coefficient (Wildman–Crippen LogP) is 3.34. The third kappa shape index (κ3) is 5.98. The number of methoxy groups -OCH3 is 1. The van der Waals surface area contributed by atoms with Crippen LogP contribution in [0.5, 0.6) is 0 Å². The highest BCUT2D eigenvalue weighted by molar-refractivity contribution is 6.31. The number of nitrogens with one attached hydrogen (secondary N) is 1. The normalized spacial score (nSPS) is 16.5. The second-order valence-corrected chi connectivity index (χ2v) is 7.68. The zero-order chi connectivity index (χ0) is 22.2. The molecule has 0 spiro atoms. The number of carbonyl (C=O) groups is 3. The fourth-order valence-corrected chi connectivity index (χ4v) is 3.76. The van der Waals surface area contributed by atoms with Crippen LogP contribution < -0.4 is 5.32 Å². The molecule has 0 saturated carbocycles. The highest BCUT2D eigenvalue weighted by Gasteiger charge is 2.37. The number of benzene rings is 2. The van der Waals surface area contributed by atoms with E-state index in [0.29, 0.717) is 30.0 Å². The molecule has 0 bridgehead atoms. The van der Waals surface area contributed by atoms with Crippen molar-refractivity contribution in [3.05, 3.63) is 70.7 Å². The number of hydrogen-bond acceptors (Lipinski definition) is 5. The molecule has 2 amide bonds. The fourth-order valence-electron chi connectivity index (χ4n) is 3.55. The van der Waals surface area contributed by atoms with Crippen LogP contribution in [0, 0.1) is 0 Å². The number of carbonyl (C=O) groups excluding carboxylic acids is 3. The molecule has 3 rings (SSSR count). The quantitative estimate of drug-likeness (QED) is 0.662. The Kier molecular flexibility index (Phi) is 7.89. The number of likely N-dealkylation sites (tertiary alicyclic amines) is 1. The van der Waals surface area contributed by atoms with E-state index in [4.69, 9.17) is 21.1 Å². The zero-order valence-corrected chi connectivity index (χ0v) is 18.0. The molecule has 0 aliphatic carbocycles. The lowest BCUT2D eigenvalue weighted by Gasteiger charge is -2.25. The molecule has 164 valence electrons. The Labute approximate surface area is 186 Å². The van der Waals surface area contributed by atoms with Gasteiger partial charge in [-0.05, 0) is 30.0 Å². The molecule has 7 nitrogen and oxygen atoms in total. The molecule has 2 atom stereocenters. The maximum Gasteiger partial charge on any atom is 0.410 e. The van der Waals surface area contributed by atoms with Crippen LogP contribution in [0.3, 0.4) is 0 Å². The third-order valence-corrected chi connectivity index (χ3v) is 5.55. The van der Waals surface area contributed by atoms with Crippen molar-refractivity contribution in [2.75, 3.05) is 13.7 Å². The van der Waals surface area contributed by atoms with Crippen molar-refractivity contribution in [3.8, 4) is 0 Å². The summed E-state index contributed by atoms with van der Waals surface area (Å²) in [5, 5.41) is 3.22. The second-order valence-electron chi connectivity index (χ2n) is 7.27. The first-order chi connectivity index (χ1) is 15.0. The van der Waals surface area contributed by atoms with Gasteiger partial charge in [0.05, 0.1) is 7.11 Å². The minimum absolute atomic E-state index is 0.127. The lowest BCUT2D eigenvalue weighted by Crippen LogP contribution is -2.51. The van der Waals surface area contributed by atoms with E-state index in [1.165, 1.54) is 12.0 Å². The minimum atomic E-state index is -0.916. The Morgan fingerprint density at radius 3 is 2.55 bits per heavy atom. The van der Waals surface area contributed by atoms with Gasteiger partial charge >= 0.3 is 12.1 Å². The number of esters is 1. The summed E-state index contributed by atoms with van der Waals surface area (Å²) in [5.74, 6) is -0.999. The van der Waals surface area contributed by atoms with E-state index in [1.807, 2.05) is 30.3 Å². The fraction of sp³-hybridized carbons (Fsp3) is 0.348. The van der Waals surface area contributed by atoms with Crippen molar-refractivity contribution in [3.63, 3.8) is 0 Å². The summed E-state index contributed by atoms with van der Waals surface area (Å²) in [6.45, 7) is 0.543. The van der Waals surface area contributed by atoms with Gasteiger partial charge in [0.15, 0.2) is 0 Å². The van der Waals surface area contributed by atoms with Crippen LogP contribution in [0.1, 0.15) is 24.0 Å². The molecule has 1 heterocycles. The lowest BCUT2D eigenvalue weighted by molar-refractivity contribution is -0.145. The van der Waals surface area contributed by atoms with Gasteiger partial charge < -0.3 is 14.8 Å². The van der Waals surface area contributed by atoms with Gasteiger partial charge in [-0.1, -0.05) is 60.1 Å². The van der Waals surface area contributed by atoms with Gasteiger partial charge in [0.25, 0.3) is 0 Å². The van der Waals surface area contributed by atoms with Gasteiger partial charge in [0.1, 0.15) is 18.7 Å². The number of hydrogen-bond donors (Lipinski definition) is 1. The van der Waals surface area contributed by atoms with Gasteiger partial charge in [0, 0.05) is 18.0 Å². The summed E-state index contributed by atoms with van der Waals surface area (Å²) < 4.78 is 10.2. The van der Waals surface area contributed by atoms with Crippen LogP contribution in [0.2, 0.25) is 5.02 Å². The van der Waals surface area contributed by atoms with E-state index >= 15 is 0 Å². The van der Waals surface area contributed by atoms with Crippen molar-refractivity contribution in [2.24, 2.45) is 0 Å². The standard InChI is InChI=1S/C23H25ClN2O5/c1-30-22(28)19(14-17-10-5-6-11-18(17)24)25-21(27)20-12-7-13-26(20)23(29)31-15-16-8-3-2-4-9-16/h2-6,8-11,19-20H,7,12-15H2,1H3,(H,25,27)/t19-,20-/m1/s1. The molecule has 0 unspecified atom stereocenters. The van der Waals surface area contributed by atoms with Crippen molar-refractivity contribution >= 4 is 29.6 Å². The van der Waals surface area contributed by atoms with Crippen molar-refractivity contribution in [1.82, 2.24) is 10.2 Å². The molecule has 1 aliphatic rings. The van der Waals surface area contributed by atoms with Gasteiger partial charge in [0.2, 0.25) is 5.91 Å². The molecular formula is C23H25ClN2O5. The number of ether oxygens (including phenoxy) is 2. The Balaban J connectivity index is 1.63. The number of rotatable bonds is 7. The van der Waals surface area contributed by atoms with E-state index < -0.39 is 30.1 Å². The summed E-state index contributed by atoms with van der Waals surface area (Å²) in [6, 6.07) is 14.8. The van der Waals surface area contributed by atoms with Crippen LogP contribution >= 0.6 is 11.6 Å². The van der Waals surface area contributed by atoms with E-state index in [-0.39, 0.29) is 13.0 Å². The minimum Gasteiger partial charge on any atom is -0.467 e. The Bertz CT molecular complexity index is 921. The van der Waals surface area contributed by atoms with Crippen LogP contribution in [-0.2, 0) is 32.1 Å². The maximum absolute atomic E-state index is 12.9. The van der Waals surface area contributed by atoms with Crippen LogP contribution in [-0.4, -0.2) is 48.6 Å². The smallest absolute Gasteiger partial charge is 0.410 e. The topological polar surface area (TPSA) is 84.9 Å². The summed E-state index contributed by atoms with van der Waals surface area (Å²) in [5.41, 5.74) is 1.58. The summed E-state index contributed by atoms with van der Waals surface area (Å²) in [7, 11) is 1.26. The van der Waals surface area contributed by atoms with Gasteiger partial charge in [-0.15, -0.1) is 0 Å². The number of nitrogens with zero attached hydrogens (tertiary/aromatic N) is 1. The zero-order valence-electron chi connectivity index (χ0n) is 17.3. The SMILES string of the molecule is COC(=O)[C@@H](Cc1ccccc1Cl)NC(=O)[C@H]1CCCN1C(=O)OCc1ccccc1. The largest absolute Gasteiger partial charge is 0.467 e. The van der Waals surface area contributed by atoms with Crippen LogP contribution in [0.4, 0.5) is 4.79 Å². The van der Waals surface area contributed by atoms with Gasteiger partial charge in [-0.25, -0.2) is 9.59 Å². The molecule has 1 aliphatic heterocycles. The molecule has 1 fully saturated rings. The van der Waals surface area contributed by atoms with E-state index in [1.54, 1.807) is 24.3 Å². The van der Waals surface area contributed by atoms with Crippen molar-refractivity contribution < 1.29 is 23.9 Å². The predicted molar refractivity (Wildman–Crippen MR) is 115 cm³/mol. The molecule has 0 aromatic heterocycles. The molecule has 31 heavy (non-hydrogen) atoms. The van der Waals surface area contributed by atoms with Crippen molar-refractivity contribution in [1.29, 1.82) is 0 Å². The maximum atomic E-state index is 12.9. The molecule has 2 aromatic carbocycles. The Morgan fingerprint density at radius 1 is 1.13 bits per heavy atom. The first kappa shape index (κ1) is 22.6. The Morgan fingerprint density at radius 2 is 1.84 bits per heavy atom. The Hall–Kier alpha value is -3.06. The van der Waals surface area contributed by atoms with Gasteiger partial charge in [-0.3, -0.25) is 9.69 Å². The third-order valence-electron chi connectivity index (χ3n) is 5.18. The number of amides is 2. The molecule has 0 radical (unpaired) electrons. The van der Waals surface area contributed by atoms with Crippen LogP contribution in [0.25, 0.3) is 0 Å². The highest BCUT2D eigenvalue weighted by atomic mass is 35.5. The van der Waals surface area contributed by atoms with E-state index in [2.05, 4.69) is 5.32 Å². The van der Waals surface area contributed by atoms with E-state index in [9.17, 15) is 14.4 Å². The molecule has 8 heteroatoms. The van der Waals surface area contributed by atoms with E-state index in [0.717, 1.165) is 5.56 Å². The summed E-state index contributed by atoms with van der Waals surface area (Å²) in [4.78, 5) is 39.2. The molecule has 1 saturated heterocycles. The highest BCUT2D eigenvalue weighted by Crippen LogP contribution is 2.21. The summed E-state index contributed by atoms with van der Waals surface area (Å²) in [6.07, 6.45) is 0.795. The molecular weight excluding hydrogens is 420 g/mol. The van der Waals surface area contributed by atoms with Gasteiger partial charge in [-0.2, -0.15) is 0 Å². The van der Waals surface area contributed by atoms with Crippen LogP contribution in [0.15, 0.2) is 54.6 Å². The molecule has 2 aromatic rings. The molecule has 1 N–H and O–H groups in total. The first-order valence-electron chi connectivity index (χ1n) is 10.1. The van der Waals surface area contributed by atoms with Crippen molar-refractivity contribution in [2.45, 2.75) is 38.0 Å². The average molecular weight is 445 g/mol. The lowest BCUT2D eigenvalue weighted by atomic mass is 10.0. The average Bonchev–Trinajstić information content (AvgIpc) is 3.29. The first-order valence-corrected chi connectivity index (χ1v) is 10.5. The second kappa shape index (κ2) is 10.8. The summed E-state index contributed by atoms with van der Waals surface area (Å²) >= 11 is 6.20.